The summed E-state index contributed by atoms with van der Waals surface area (Å²) in [7, 11) is 1.67. The Kier molecular flexibility index (Phi) is 3.99. The lowest BCUT2D eigenvalue weighted by Crippen LogP contribution is -2.25. The predicted octanol–water partition coefficient (Wildman–Crippen LogP) is 2.37. The van der Waals surface area contributed by atoms with Gasteiger partial charge in [0.15, 0.2) is 0 Å². The Labute approximate surface area is 106 Å². The number of rotatable bonds is 5. The molecule has 96 valence electrons. The largest absolute Gasteiger partial charge is 0.383 e. The molecule has 1 aromatic heterocycles. The number of benzene rings is 1. The van der Waals surface area contributed by atoms with E-state index in [-0.39, 0.29) is 11.6 Å². The summed E-state index contributed by atoms with van der Waals surface area (Å²) in [6.45, 7) is 2.70. The molecule has 1 aromatic carbocycles. The number of ether oxygens (including phenoxy) is 1. The standard InChI is InChI=1S/C14H18N2O2/c1-3-11(9-18-2)15-13-8-10-6-4-5-7-12(10)14(17)16-13/h4-8,11H,3,9H2,1-2H3,(H2,15,16,17). The SMILES string of the molecule is CCC(COC)Nc1cc2ccccc2c(=O)[nH]1. The number of methoxy groups -OCH3 is 1. The van der Waals surface area contributed by atoms with Crippen LogP contribution in [0.15, 0.2) is 35.1 Å². The normalized spacial score (nSPS) is 12.6. The fraction of sp³-hybridized carbons (Fsp3) is 0.357. The monoisotopic (exact) mass is 246 g/mol. The highest BCUT2D eigenvalue weighted by molar-refractivity contribution is 5.83. The number of fused-ring (bicyclic) bond motifs is 1. The van der Waals surface area contributed by atoms with E-state index < -0.39 is 0 Å². The molecule has 1 unspecified atom stereocenters. The molecule has 0 saturated heterocycles. The van der Waals surface area contributed by atoms with Crippen LogP contribution in [-0.4, -0.2) is 24.7 Å². The lowest BCUT2D eigenvalue weighted by molar-refractivity contribution is 0.184. The Hall–Kier alpha value is -1.81. The van der Waals surface area contributed by atoms with Crippen LogP contribution in [0.3, 0.4) is 0 Å². The van der Waals surface area contributed by atoms with E-state index in [4.69, 9.17) is 4.74 Å². The molecule has 0 radical (unpaired) electrons. The van der Waals surface area contributed by atoms with Crippen LogP contribution in [0.25, 0.3) is 10.8 Å². The quantitative estimate of drug-likeness (QED) is 0.851. The van der Waals surface area contributed by atoms with Crippen molar-refractivity contribution in [3.63, 3.8) is 0 Å². The predicted molar refractivity (Wildman–Crippen MR) is 74.1 cm³/mol. The van der Waals surface area contributed by atoms with Crippen LogP contribution in [0, 0.1) is 0 Å². The first-order chi connectivity index (χ1) is 8.74. The van der Waals surface area contributed by atoms with Gasteiger partial charge in [0.2, 0.25) is 0 Å². The molecular weight excluding hydrogens is 228 g/mol. The van der Waals surface area contributed by atoms with Crippen LogP contribution in [0.5, 0.6) is 0 Å². The molecule has 0 aliphatic heterocycles. The van der Waals surface area contributed by atoms with Crippen molar-refractivity contribution < 1.29 is 4.74 Å². The smallest absolute Gasteiger partial charge is 0.257 e. The van der Waals surface area contributed by atoms with Gasteiger partial charge in [-0.1, -0.05) is 25.1 Å². The maximum absolute atomic E-state index is 11.9. The molecular formula is C14H18N2O2. The third-order valence-corrected chi connectivity index (χ3v) is 2.97. The molecule has 0 saturated carbocycles. The van der Waals surface area contributed by atoms with E-state index >= 15 is 0 Å². The molecule has 18 heavy (non-hydrogen) atoms. The van der Waals surface area contributed by atoms with Crippen molar-refractivity contribution in [2.24, 2.45) is 0 Å². The fourth-order valence-corrected chi connectivity index (χ4v) is 1.97. The highest BCUT2D eigenvalue weighted by Crippen LogP contribution is 2.13. The Morgan fingerprint density at radius 2 is 2.17 bits per heavy atom. The van der Waals surface area contributed by atoms with Crippen LogP contribution < -0.4 is 10.9 Å². The first kappa shape index (κ1) is 12.6. The molecule has 4 nitrogen and oxygen atoms in total. The van der Waals surface area contributed by atoms with Crippen LogP contribution in [0.2, 0.25) is 0 Å². The number of aromatic nitrogens is 1. The van der Waals surface area contributed by atoms with Gasteiger partial charge in [0, 0.05) is 12.5 Å². The summed E-state index contributed by atoms with van der Waals surface area (Å²) < 4.78 is 5.13. The number of H-pyrrole nitrogens is 1. The van der Waals surface area contributed by atoms with E-state index in [1.54, 1.807) is 7.11 Å². The first-order valence-electron chi connectivity index (χ1n) is 6.12. The fourth-order valence-electron chi connectivity index (χ4n) is 1.97. The summed E-state index contributed by atoms with van der Waals surface area (Å²) in [4.78, 5) is 14.8. The van der Waals surface area contributed by atoms with Crippen LogP contribution in [0.1, 0.15) is 13.3 Å². The summed E-state index contributed by atoms with van der Waals surface area (Å²) in [5.74, 6) is 0.739. The number of aromatic amines is 1. The minimum absolute atomic E-state index is 0.0668. The molecule has 2 N–H and O–H groups in total. The van der Waals surface area contributed by atoms with Crippen LogP contribution in [0.4, 0.5) is 5.82 Å². The van der Waals surface area contributed by atoms with Crippen molar-refractivity contribution in [1.29, 1.82) is 0 Å². The number of pyridine rings is 1. The third kappa shape index (κ3) is 2.71. The van der Waals surface area contributed by atoms with Gasteiger partial charge >= 0.3 is 0 Å². The van der Waals surface area contributed by atoms with Crippen LogP contribution >= 0.6 is 0 Å². The molecule has 0 bridgehead atoms. The summed E-state index contributed by atoms with van der Waals surface area (Å²) in [5, 5.41) is 4.93. The molecule has 0 aliphatic rings. The number of anilines is 1. The maximum atomic E-state index is 11.9. The van der Waals surface area contributed by atoms with E-state index in [0.29, 0.717) is 12.0 Å². The molecule has 0 fully saturated rings. The average molecular weight is 246 g/mol. The number of hydrogen-bond donors (Lipinski definition) is 2. The van der Waals surface area contributed by atoms with Gasteiger partial charge in [-0.3, -0.25) is 4.79 Å². The zero-order valence-electron chi connectivity index (χ0n) is 10.7. The summed E-state index contributed by atoms with van der Waals surface area (Å²) in [6.07, 6.45) is 0.933. The van der Waals surface area contributed by atoms with Gasteiger partial charge in [-0.15, -0.1) is 0 Å². The van der Waals surface area contributed by atoms with Crippen molar-refractivity contribution >= 4 is 16.6 Å². The number of hydrogen-bond acceptors (Lipinski definition) is 3. The lowest BCUT2D eigenvalue weighted by Gasteiger charge is -2.17. The minimum Gasteiger partial charge on any atom is -0.383 e. The van der Waals surface area contributed by atoms with Gasteiger partial charge in [-0.25, -0.2) is 0 Å². The molecule has 0 aliphatic carbocycles. The summed E-state index contributed by atoms with van der Waals surface area (Å²) >= 11 is 0. The molecule has 0 spiro atoms. The summed E-state index contributed by atoms with van der Waals surface area (Å²) in [5.41, 5.74) is -0.0668. The first-order valence-corrected chi connectivity index (χ1v) is 6.12. The Morgan fingerprint density at radius 1 is 1.39 bits per heavy atom. The molecule has 4 heteroatoms. The Balaban J connectivity index is 2.32. The van der Waals surface area contributed by atoms with E-state index in [1.165, 1.54) is 0 Å². The molecule has 2 aromatic rings. The highest BCUT2D eigenvalue weighted by atomic mass is 16.5. The summed E-state index contributed by atoms with van der Waals surface area (Å²) in [6, 6.07) is 9.71. The van der Waals surface area contributed by atoms with Gasteiger partial charge in [0.05, 0.1) is 12.6 Å². The topological polar surface area (TPSA) is 54.1 Å². The molecule has 1 atom stereocenters. The average Bonchev–Trinajstić information content (AvgIpc) is 2.38. The van der Waals surface area contributed by atoms with Crippen molar-refractivity contribution in [1.82, 2.24) is 4.98 Å². The van der Waals surface area contributed by atoms with Crippen molar-refractivity contribution in [3.05, 3.63) is 40.7 Å². The Morgan fingerprint density at radius 3 is 2.89 bits per heavy atom. The van der Waals surface area contributed by atoms with Crippen molar-refractivity contribution in [3.8, 4) is 0 Å². The number of nitrogens with one attached hydrogen (secondary N) is 2. The van der Waals surface area contributed by atoms with E-state index in [0.717, 1.165) is 17.6 Å². The molecule has 0 amide bonds. The second-order valence-electron chi connectivity index (χ2n) is 4.30. The zero-order valence-corrected chi connectivity index (χ0v) is 10.7. The van der Waals surface area contributed by atoms with E-state index in [9.17, 15) is 4.79 Å². The second-order valence-corrected chi connectivity index (χ2v) is 4.30. The third-order valence-electron chi connectivity index (χ3n) is 2.97. The van der Waals surface area contributed by atoms with Gasteiger partial charge < -0.3 is 15.0 Å². The zero-order chi connectivity index (χ0) is 13.0. The van der Waals surface area contributed by atoms with Gasteiger partial charge in [-0.05, 0) is 23.9 Å². The van der Waals surface area contributed by atoms with Crippen molar-refractivity contribution in [2.75, 3.05) is 19.0 Å². The van der Waals surface area contributed by atoms with Crippen molar-refractivity contribution in [2.45, 2.75) is 19.4 Å². The Bertz CT molecular complexity index is 577. The van der Waals surface area contributed by atoms with Gasteiger partial charge in [0.1, 0.15) is 5.82 Å². The maximum Gasteiger partial charge on any atom is 0.257 e. The van der Waals surface area contributed by atoms with Gasteiger partial charge in [-0.2, -0.15) is 0 Å². The van der Waals surface area contributed by atoms with Gasteiger partial charge in [0.25, 0.3) is 5.56 Å². The minimum atomic E-state index is -0.0668. The molecule has 1 heterocycles. The molecule has 2 rings (SSSR count). The second kappa shape index (κ2) is 5.69. The lowest BCUT2D eigenvalue weighted by atomic mass is 10.1. The highest BCUT2D eigenvalue weighted by Gasteiger charge is 2.07. The van der Waals surface area contributed by atoms with E-state index in [2.05, 4.69) is 17.2 Å². The van der Waals surface area contributed by atoms with E-state index in [1.807, 2.05) is 30.3 Å². The van der Waals surface area contributed by atoms with Crippen LogP contribution in [-0.2, 0) is 4.74 Å².